The van der Waals surface area contributed by atoms with E-state index in [1.807, 2.05) is 6.92 Å². The molecule has 6 nitrogen and oxygen atoms in total. The Morgan fingerprint density at radius 3 is 2.64 bits per heavy atom. The van der Waals surface area contributed by atoms with E-state index in [2.05, 4.69) is 29.2 Å². The van der Waals surface area contributed by atoms with Crippen LogP contribution in [0.2, 0.25) is 0 Å². The van der Waals surface area contributed by atoms with Gasteiger partial charge in [-0.2, -0.15) is 0 Å². The van der Waals surface area contributed by atoms with Crippen molar-refractivity contribution in [1.82, 2.24) is 20.1 Å². The molecule has 0 unspecified atom stereocenters. The Hall–Kier alpha value is -1.95. The summed E-state index contributed by atoms with van der Waals surface area (Å²) in [6.07, 6.45) is 4.39. The lowest BCUT2D eigenvalue weighted by Gasteiger charge is -2.22. The van der Waals surface area contributed by atoms with E-state index < -0.39 is 0 Å². The molecule has 1 aliphatic heterocycles. The average Bonchev–Trinajstić information content (AvgIpc) is 3.13. The summed E-state index contributed by atoms with van der Waals surface area (Å²) in [5, 5.41) is 2.97. The van der Waals surface area contributed by atoms with Crippen molar-refractivity contribution >= 4 is 11.8 Å². The Balaban J connectivity index is 1.92. The summed E-state index contributed by atoms with van der Waals surface area (Å²) < 4.78 is 0. The molecule has 6 heteroatoms. The van der Waals surface area contributed by atoms with Crippen molar-refractivity contribution in [3.8, 4) is 0 Å². The number of likely N-dealkylation sites (tertiary alicyclic amines) is 1. The van der Waals surface area contributed by atoms with Gasteiger partial charge >= 0.3 is 0 Å². The first-order valence-corrected chi connectivity index (χ1v) is 9.27. The van der Waals surface area contributed by atoms with E-state index >= 15 is 0 Å². The Morgan fingerprint density at radius 1 is 1.28 bits per heavy atom. The first-order valence-electron chi connectivity index (χ1n) is 9.27. The largest absolute Gasteiger partial charge is 0.347 e. The Kier molecular flexibility index (Phi) is 7.37. The monoisotopic (exact) mass is 346 g/mol. The number of unbranched alkanes of at least 4 members (excludes halogenated alkanes) is 1. The predicted molar refractivity (Wildman–Crippen MR) is 98.7 cm³/mol. The summed E-state index contributed by atoms with van der Waals surface area (Å²) >= 11 is 0. The highest BCUT2D eigenvalue weighted by molar-refractivity contribution is 5.96. The lowest BCUT2D eigenvalue weighted by Crippen LogP contribution is -2.41. The zero-order valence-corrected chi connectivity index (χ0v) is 15.6. The smallest absolute Gasteiger partial charge is 0.272 e. The minimum absolute atomic E-state index is 0.0223. The number of nitrogens with one attached hydrogen (secondary N) is 1. The summed E-state index contributed by atoms with van der Waals surface area (Å²) in [5.41, 5.74) is 0.648. The van der Waals surface area contributed by atoms with Crippen LogP contribution in [0.1, 0.15) is 60.5 Å². The van der Waals surface area contributed by atoms with E-state index in [1.54, 1.807) is 23.1 Å². The maximum Gasteiger partial charge on any atom is 0.272 e. The second-order valence-corrected chi connectivity index (χ2v) is 6.90. The Labute approximate surface area is 150 Å². The van der Waals surface area contributed by atoms with Gasteiger partial charge in [-0.1, -0.05) is 19.4 Å². The fraction of sp³-hybridized carbons (Fsp3) is 0.632. The number of likely N-dealkylation sites (N-methyl/N-ethyl adjacent to an activating group) is 1. The standard InChI is InChI=1S/C19H30N4O2/c1-4-5-11-22(3)14-15(2)20-18(24)16-9-8-10-17(21-16)19(25)23-12-6-7-13-23/h8-10,15H,4-7,11-14H2,1-3H3,(H,20,24)/t15-/m0/s1. The van der Waals surface area contributed by atoms with Gasteiger partial charge in [-0.15, -0.1) is 0 Å². The molecule has 0 spiro atoms. The lowest BCUT2D eigenvalue weighted by atomic mass is 10.2. The first kappa shape index (κ1) is 19.4. The molecule has 0 bridgehead atoms. The number of amides is 2. The third-order valence-corrected chi connectivity index (χ3v) is 4.45. The van der Waals surface area contributed by atoms with Crippen LogP contribution >= 0.6 is 0 Å². The molecule has 0 radical (unpaired) electrons. The van der Waals surface area contributed by atoms with E-state index in [-0.39, 0.29) is 17.9 Å². The molecule has 0 aliphatic carbocycles. The predicted octanol–water partition coefficient (Wildman–Crippen LogP) is 2.17. The number of carbonyl (C=O) groups excluding carboxylic acids is 2. The first-order chi connectivity index (χ1) is 12.0. The number of hydrogen-bond acceptors (Lipinski definition) is 4. The molecule has 0 aromatic carbocycles. The van der Waals surface area contributed by atoms with E-state index in [1.165, 1.54) is 0 Å². The molecule has 2 amide bonds. The minimum Gasteiger partial charge on any atom is -0.347 e. The van der Waals surface area contributed by atoms with Crippen molar-refractivity contribution in [3.05, 3.63) is 29.6 Å². The number of aromatic nitrogens is 1. The topological polar surface area (TPSA) is 65.5 Å². The summed E-state index contributed by atoms with van der Waals surface area (Å²) in [5.74, 6) is -0.313. The van der Waals surface area contributed by atoms with Gasteiger partial charge in [0, 0.05) is 25.7 Å². The van der Waals surface area contributed by atoms with Crippen LogP contribution in [0.5, 0.6) is 0 Å². The molecule has 0 saturated carbocycles. The van der Waals surface area contributed by atoms with Crippen molar-refractivity contribution in [2.75, 3.05) is 33.2 Å². The molecule has 1 aromatic rings. The van der Waals surface area contributed by atoms with Crippen LogP contribution in [0.25, 0.3) is 0 Å². The molecule has 138 valence electrons. The number of hydrogen-bond donors (Lipinski definition) is 1. The fourth-order valence-corrected chi connectivity index (χ4v) is 3.09. The van der Waals surface area contributed by atoms with Crippen molar-refractivity contribution in [2.24, 2.45) is 0 Å². The Bertz CT molecular complexity index is 585. The van der Waals surface area contributed by atoms with Crippen LogP contribution in [0.4, 0.5) is 0 Å². The number of nitrogens with zero attached hydrogens (tertiary/aromatic N) is 3. The van der Waals surface area contributed by atoms with Gasteiger partial charge in [0.2, 0.25) is 0 Å². The molecule has 1 atom stereocenters. The molecule has 2 rings (SSSR count). The lowest BCUT2D eigenvalue weighted by molar-refractivity contribution is 0.0787. The van der Waals surface area contributed by atoms with Crippen LogP contribution in [0.15, 0.2) is 18.2 Å². The zero-order chi connectivity index (χ0) is 18.2. The van der Waals surface area contributed by atoms with Gasteiger partial charge in [-0.3, -0.25) is 9.59 Å². The SMILES string of the molecule is CCCCN(C)C[C@H](C)NC(=O)c1cccc(C(=O)N2CCCC2)n1. The molecule has 1 aromatic heterocycles. The molecule has 1 fully saturated rings. The van der Waals surface area contributed by atoms with Crippen LogP contribution < -0.4 is 5.32 Å². The van der Waals surface area contributed by atoms with E-state index in [4.69, 9.17) is 0 Å². The maximum atomic E-state index is 12.4. The highest BCUT2D eigenvalue weighted by Gasteiger charge is 2.21. The quantitative estimate of drug-likeness (QED) is 0.783. The second-order valence-electron chi connectivity index (χ2n) is 6.90. The van der Waals surface area contributed by atoms with Gasteiger partial charge < -0.3 is 15.1 Å². The van der Waals surface area contributed by atoms with Gasteiger partial charge in [-0.25, -0.2) is 4.98 Å². The molecule has 2 heterocycles. The second kappa shape index (κ2) is 9.51. The van der Waals surface area contributed by atoms with Gasteiger partial charge in [-0.05, 0) is 51.9 Å². The van der Waals surface area contributed by atoms with Gasteiger partial charge in [0.15, 0.2) is 0 Å². The Morgan fingerprint density at radius 2 is 1.96 bits per heavy atom. The van der Waals surface area contributed by atoms with Crippen LogP contribution in [0, 0.1) is 0 Å². The highest BCUT2D eigenvalue weighted by Crippen LogP contribution is 2.12. The summed E-state index contributed by atoms with van der Waals surface area (Å²) in [7, 11) is 2.06. The van der Waals surface area contributed by atoms with E-state index in [9.17, 15) is 9.59 Å². The average molecular weight is 346 g/mol. The van der Waals surface area contributed by atoms with E-state index in [0.717, 1.165) is 51.9 Å². The third kappa shape index (κ3) is 5.81. The molecule has 25 heavy (non-hydrogen) atoms. The van der Waals surface area contributed by atoms with Gasteiger partial charge in [0.1, 0.15) is 11.4 Å². The van der Waals surface area contributed by atoms with Crippen LogP contribution in [0.3, 0.4) is 0 Å². The summed E-state index contributed by atoms with van der Waals surface area (Å²) in [6, 6.07) is 5.08. The van der Waals surface area contributed by atoms with Gasteiger partial charge in [0.05, 0.1) is 0 Å². The van der Waals surface area contributed by atoms with Crippen molar-refractivity contribution in [3.63, 3.8) is 0 Å². The normalized spacial score (nSPS) is 15.4. The molecule has 1 aliphatic rings. The number of rotatable bonds is 8. The highest BCUT2D eigenvalue weighted by atomic mass is 16.2. The molecular weight excluding hydrogens is 316 g/mol. The third-order valence-electron chi connectivity index (χ3n) is 4.45. The van der Waals surface area contributed by atoms with Crippen molar-refractivity contribution in [2.45, 2.75) is 45.6 Å². The molecule has 1 N–H and O–H groups in total. The number of carbonyl (C=O) groups is 2. The van der Waals surface area contributed by atoms with E-state index in [0.29, 0.717) is 11.4 Å². The fourth-order valence-electron chi connectivity index (χ4n) is 3.09. The van der Waals surface area contributed by atoms with Crippen LogP contribution in [-0.4, -0.2) is 65.9 Å². The minimum atomic E-state index is -0.229. The van der Waals surface area contributed by atoms with Crippen LogP contribution in [-0.2, 0) is 0 Å². The maximum absolute atomic E-state index is 12.4. The summed E-state index contributed by atoms with van der Waals surface area (Å²) in [4.78, 5) is 33.1. The molecule has 1 saturated heterocycles. The summed E-state index contributed by atoms with van der Waals surface area (Å²) in [6.45, 7) is 7.52. The van der Waals surface area contributed by atoms with Gasteiger partial charge in [0.25, 0.3) is 11.8 Å². The van der Waals surface area contributed by atoms with Crippen molar-refractivity contribution < 1.29 is 9.59 Å². The van der Waals surface area contributed by atoms with Crippen molar-refractivity contribution in [1.29, 1.82) is 0 Å². The number of pyridine rings is 1. The zero-order valence-electron chi connectivity index (χ0n) is 15.6. The molecular formula is C19H30N4O2.